The van der Waals surface area contributed by atoms with Gasteiger partial charge in [-0.2, -0.15) is 4.98 Å². The van der Waals surface area contributed by atoms with Crippen LogP contribution in [-0.4, -0.2) is 16.6 Å². The van der Waals surface area contributed by atoms with Gasteiger partial charge < -0.3 is 10.2 Å². The van der Waals surface area contributed by atoms with Crippen LogP contribution in [0.4, 0.5) is 5.82 Å². The summed E-state index contributed by atoms with van der Waals surface area (Å²) in [6, 6.07) is 11.4. The Labute approximate surface area is 119 Å². The van der Waals surface area contributed by atoms with Crippen LogP contribution in [0.2, 0.25) is 0 Å². The molecule has 5 heteroatoms. The van der Waals surface area contributed by atoms with Crippen LogP contribution in [0.5, 0.6) is 5.88 Å². The number of nitrogens with zero attached hydrogens (tertiary/aromatic N) is 2. The van der Waals surface area contributed by atoms with E-state index in [1.807, 2.05) is 30.3 Å². The van der Waals surface area contributed by atoms with E-state index in [1.165, 1.54) is 0 Å². The molecule has 0 saturated carbocycles. The second-order valence-corrected chi connectivity index (χ2v) is 4.96. The fourth-order valence-electron chi connectivity index (χ4n) is 1.69. The van der Waals surface area contributed by atoms with E-state index >= 15 is 0 Å². The Bertz CT molecular complexity index is 543. The number of hydrogen-bond acceptors (Lipinski definition) is 5. The second kappa shape index (κ2) is 6.86. The van der Waals surface area contributed by atoms with Crippen molar-refractivity contribution in [1.29, 1.82) is 0 Å². The van der Waals surface area contributed by atoms with Gasteiger partial charge in [0.05, 0.1) is 6.61 Å². The molecule has 0 spiro atoms. The zero-order chi connectivity index (χ0) is 14.4. The van der Waals surface area contributed by atoms with Crippen molar-refractivity contribution in [2.24, 2.45) is 11.8 Å². The smallest absolute Gasteiger partial charge is 0.219 e. The van der Waals surface area contributed by atoms with E-state index in [-0.39, 0.29) is 0 Å². The molecule has 0 amide bonds. The molecule has 2 aromatic rings. The summed E-state index contributed by atoms with van der Waals surface area (Å²) in [4.78, 5) is 8.76. The predicted molar refractivity (Wildman–Crippen MR) is 80.2 cm³/mol. The van der Waals surface area contributed by atoms with E-state index in [2.05, 4.69) is 29.2 Å². The van der Waals surface area contributed by atoms with E-state index in [4.69, 9.17) is 10.6 Å². The van der Waals surface area contributed by atoms with Crippen LogP contribution in [0.1, 0.15) is 20.3 Å². The average Bonchev–Trinajstić information content (AvgIpc) is 2.47. The Balaban J connectivity index is 2.20. The van der Waals surface area contributed by atoms with Crippen LogP contribution < -0.4 is 16.0 Å². The Hall–Kier alpha value is -2.14. The first-order valence-corrected chi connectivity index (χ1v) is 6.73. The molecule has 0 saturated heterocycles. The number of nitrogens with two attached hydrogens (primary N) is 1. The van der Waals surface area contributed by atoms with Gasteiger partial charge in [-0.25, -0.2) is 10.8 Å². The number of nitrogens with one attached hydrogen (secondary N) is 1. The number of anilines is 1. The summed E-state index contributed by atoms with van der Waals surface area (Å²) in [5.74, 6) is 7.71. The lowest BCUT2D eigenvalue weighted by Gasteiger charge is -2.10. The minimum Gasteiger partial charge on any atom is -0.478 e. The van der Waals surface area contributed by atoms with Crippen molar-refractivity contribution in [3.05, 3.63) is 36.4 Å². The first-order chi connectivity index (χ1) is 9.69. The van der Waals surface area contributed by atoms with Crippen molar-refractivity contribution in [1.82, 2.24) is 9.97 Å². The van der Waals surface area contributed by atoms with E-state index < -0.39 is 0 Å². The first kappa shape index (κ1) is 14.3. The lowest BCUT2D eigenvalue weighted by Crippen LogP contribution is -2.11. The van der Waals surface area contributed by atoms with Gasteiger partial charge in [-0.3, -0.25) is 0 Å². The fraction of sp³-hybridized carbons (Fsp3) is 0.333. The number of nitrogen functional groups attached to an aromatic ring is 1. The molecule has 1 heterocycles. The maximum Gasteiger partial charge on any atom is 0.219 e. The van der Waals surface area contributed by atoms with Crippen LogP contribution in [0.25, 0.3) is 11.4 Å². The summed E-state index contributed by atoms with van der Waals surface area (Å²) in [6.45, 7) is 4.95. The number of benzene rings is 1. The van der Waals surface area contributed by atoms with Gasteiger partial charge in [-0.1, -0.05) is 44.2 Å². The molecule has 0 atom stereocenters. The number of aromatic nitrogens is 2. The van der Waals surface area contributed by atoms with Gasteiger partial charge in [0.1, 0.15) is 5.82 Å². The molecule has 0 fully saturated rings. The fourth-order valence-corrected chi connectivity index (χ4v) is 1.69. The molecular formula is C15H20N4O. The minimum absolute atomic E-state index is 0.535. The van der Waals surface area contributed by atoms with Gasteiger partial charge in [0, 0.05) is 11.6 Å². The monoisotopic (exact) mass is 272 g/mol. The summed E-state index contributed by atoms with van der Waals surface area (Å²) in [7, 11) is 0. The molecule has 1 aromatic heterocycles. The van der Waals surface area contributed by atoms with Crippen molar-refractivity contribution in [3.8, 4) is 17.3 Å². The summed E-state index contributed by atoms with van der Waals surface area (Å²) >= 11 is 0. The maximum absolute atomic E-state index is 5.67. The highest BCUT2D eigenvalue weighted by molar-refractivity contribution is 5.57. The molecule has 0 unspecified atom stereocenters. The second-order valence-electron chi connectivity index (χ2n) is 4.96. The molecule has 1 aromatic carbocycles. The predicted octanol–water partition coefficient (Wildman–Crippen LogP) is 2.85. The molecule has 3 N–H and O–H groups in total. The maximum atomic E-state index is 5.67. The lowest BCUT2D eigenvalue weighted by atomic mass is 10.1. The standard InChI is InChI=1S/C15H20N4O/c1-11(2)8-9-20-14-10-13(19-16)17-15(18-14)12-6-4-3-5-7-12/h3-7,10-11H,8-9,16H2,1-2H3,(H,17,18,19). The topological polar surface area (TPSA) is 73.1 Å². The molecule has 0 aliphatic carbocycles. The largest absolute Gasteiger partial charge is 0.478 e. The third-order valence-corrected chi connectivity index (χ3v) is 2.83. The molecule has 20 heavy (non-hydrogen) atoms. The van der Waals surface area contributed by atoms with Gasteiger partial charge >= 0.3 is 0 Å². The highest BCUT2D eigenvalue weighted by Gasteiger charge is 2.07. The van der Waals surface area contributed by atoms with Crippen LogP contribution in [0.3, 0.4) is 0 Å². The molecule has 0 bridgehead atoms. The third kappa shape index (κ3) is 3.93. The Morgan fingerprint density at radius 1 is 1.20 bits per heavy atom. The van der Waals surface area contributed by atoms with Crippen molar-refractivity contribution in [2.45, 2.75) is 20.3 Å². The lowest BCUT2D eigenvalue weighted by molar-refractivity contribution is 0.279. The van der Waals surface area contributed by atoms with Crippen LogP contribution in [-0.2, 0) is 0 Å². The highest BCUT2D eigenvalue weighted by Crippen LogP contribution is 2.21. The Kier molecular flexibility index (Phi) is 4.90. The number of hydrogen-bond donors (Lipinski definition) is 2. The van der Waals surface area contributed by atoms with Gasteiger partial charge in [0.25, 0.3) is 0 Å². The first-order valence-electron chi connectivity index (χ1n) is 6.73. The van der Waals surface area contributed by atoms with E-state index in [9.17, 15) is 0 Å². The van der Waals surface area contributed by atoms with Crippen LogP contribution in [0.15, 0.2) is 36.4 Å². The summed E-state index contributed by atoms with van der Waals surface area (Å²) in [6.07, 6.45) is 0.982. The van der Waals surface area contributed by atoms with Crippen molar-refractivity contribution in [2.75, 3.05) is 12.0 Å². The molecule has 0 aliphatic heterocycles. The van der Waals surface area contributed by atoms with Crippen molar-refractivity contribution in [3.63, 3.8) is 0 Å². The highest BCUT2D eigenvalue weighted by atomic mass is 16.5. The van der Waals surface area contributed by atoms with E-state index in [1.54, 1.807) is 6.07 Å². The Morgan fingerprint density at radius 3 is 2.60 bits per heavy atom. The Morgan fingerprint density at radius 2 is 1.95 bits per heavy atom. The van der Waals surface area contributed by atoms with Crippen LogP contribution in [0, 0.1) is 5.92 Å². The summed E-state index contributed by atoms with van der Waals surface area (Å²) < 4.78 is 5.67. The number of ether oxygens (including phenoxy) is 1. The third-order valence-electron chi connectivity index (χ3n) is 2.83. The van der Waals surface area contributed by atoms with Crippen molar-refractivity contribution >= 4 is 5.82 Å². The average molecular weight is 272 g/mol. The van der Waals surface area contributed by atoms with E-state index in [0.717, 1.165) is 12.0 Å². The molecule has 0 radical (unpaired) electrons. The molecule has 106 valence electrons. The van der Waals surface area contributed by atoms with Gasteiger partial charge in [-0.05, 0) is 12.3 Å². The van der Waals surface area contributed by atoms with Gasteiger partial charge in [-0.15, -0.1) is 0 Å². The molecule has 2 rings (SSSR count). The zero-order valence-electron chi connectivity index (χ0n) is 11.8. The summed E-state index contributed by atoms with van der Waals surface area (Å²) in [5.41, 5.74) is 3.47. The van der Waals surface area contributed by atoms with Crippen molar-refractivity contribution < 1.29 is 4.74 Å². The molecule has 5 nitrogen and oxygen atoms in total. The zero-order valence-corrected chi connectivity index (χ0v) is 11.8. The number of hydrazine groups is 1. The minimum atomic E-state index is 0.535. The normalized spacial score (nSPS) is 10.6. The van der Waals surface area contributed by atoms with E-state index in [0.29, 0.717) is 30.0 Å². The summed E-state index contributed by atoms with van der Waals surface area (Å²) in [5, 5.41) is 0. The molecule has 0 aliphatic rings. The quantitative estimate of drug-likeness (QED) is 0.625. The van der Waals surface area contributed by atoms with Gasteiger partial charge in [0.2, 0.25) is 5.88 Å². The number of rotatable bonds is 6. The van der Waals surface area contributed by atoms with Gasteiger partial charge in [0.15, 0.2) is 5.82 Å². The molecular weight excluding hydrogens is 252 g/mol. The van der Waals surface area contributed by atoms with Crippen LogP contribution >= 0.6 is 0 Å². The SMILES string of the molecule is CC(C)CCOc1cc(NN)nc(-c2ccccc2)n1.